The number of nitrogens with one attached hydrogen (secondary N) is 2. The first-order valence-electron chi connectivity index (χ1n) is 8.80. The smallest absolute Gasteiger partial charge is 0.338 e. The molecule has 1 atom stereocenters. The third kappa shape index (κ3) is 4.73. The molecule has 2 N–H and O–H groups in total. The van der Waals surface area contributed by atoms with Gasteiger partial charge in [-0.3, -0.25) is 9.59 Å². The molecule has 0 aliphatic rings. The van der Waals surface area contributed by atoms with E-state index in [1.165, 1.54) is 26.0 Å². The van der Waals surface area contributed by atoms with Gasteiger partial charge in [0.05, 0.1) is 5.56 Å². The minimum atomic E-state index is -0.964. The standard InChI is InChI=1S/C22H20N2O4/c1-14(28-22(27)17-8-10-19(11-9-17)23-15(2)25)21(26)24-20-12-7-16-5-3-4-6-18(16)13-20/h3-14H,1-2H3,(H,23,25)(H,24,26)/t14-/m1/s1. The van der Waals surface area contributed by atoms with E-state index in [0.717, 1.165) is 10.8 Å². The first-order valence-corrected chi connectivity index (χ1v) is 8.80. The number of ether oxygens (including phenoxy) is 1. The van der Waals surface area contributed by atoms with E-state index in [1.807, 2.05) is 36.4 Å². The first-order chi connectivity index (χ1) is 13.4. The molecule has 28 heavy (non-hydrogen) atoms. The second kappa shape index (κ2) is 8.35. The molecule has 0 radical (unpaired) electrons. The van der Waals surface area contributed by atoms with Crippen LogP contribution in [0.4, 0.5) is 11.4 Å². The Hall–Kier alpha value is -3.67. The molecule has 0 saturated carbocycles. The fraction of sp³-hybridized carbons (Fsp3) is 0.136. The summed E-state index contributed by atoms with van der Waals surface area (Å²) in [4.78, 5) is 35.6. The van der Waals surface area contributed by atoms with Gasteiger partial charge in [0.25, 0.3) is 5.91 Å². The van der Waals surface area contributed by atoms with Gasteiger partial charge in [-0.15, -0.1) is 0 Å². The van der Waals surface area contributed by atoms with Gasteiger partial charge in [-0.2, -0.15) is 0 Å². The molecule has 0 saturated heterocycles. The molecule has 2 amide bonds. The topological polar surface area (TPSA) is 84.5 Å². The number of carbonyl (C=O) groups is 3. The number of carbonyl (C=O) groups excluding carboxylic acids is 3. The first kappa shape index (κ1) is 19.1. The lowest BCUT2D eigenvalue weighted by molar-refractivity contribution is -0.123. The minimum absolute atomic E-state index is 0.200. The molecule has 142 valence electrons. The number of esters is 1. The second-order valence-corrected chi connectivity index (χ2v) is 6.36. The van der Waals surface area contributed by atoms with E-state index in [9.17, 15) is 14.4 Å². The fourth-order valence-electron chi connectivity index (χ4n) is 2.69. The third-order valence-corrected chi connectivity index (χ3v) is 4.11. The van der Waals surface area contributed by atoms with E-state index in [-0.39, 0.29) is 5.91 Å². The van der Waals surface area contributed by atoms with Crippen LogP contribution in [0.25, 0.3) is 10.8 Å². The van der Waals surface area contributed by atoms with Crippen LogP contribution in [0.2, 0.25) is 0 Å². The van der Waals surface area contributed by atoms with Gasteiger partial charge in [0.15, 0.2) is 6.10 Å². The van der Waals surface area contributed by atoms with Crippen LogP contribution in [0.5, 0.6) is 0 Å². The maximum Gasteiger partial charge on any atom is 0.338 e. The van der Waals surface area contributed by atoms with Crippen molar-refractivity contribution < 1.29 is 19.1 Å². The molecule has 3 rings (SSSR count). The van der Waals surface area contributed by atoms with Gasteiger partial charge in [0.2, 0.25) is 5.91 Å². The Labute approximate surface area is 162 Å². The quantitative estimate of drug-likeness (QED) is 0.660. The maximum atomic E-state index is 12.4. The molecule has 0 heterocycles. The van der Waals surface area contributed by atoms with Crippen LogP contribution in [-0.2, 0) is 14.3 Å². The fourth-order valence-corrected chi connectivity index (χ4v) is 2.69. The molecule has 6 heteroatoms. The highest BCUT2D eigenvalue weighted by Crippen LogP contribution is 2.19. The molecule has 3 aromatic rings. The molecule has 0 spiro atoms. The molecule has 0 bridgehead atoms. The Kier molecular flexibility index (Phi) is 5.69. The highest BCUT2D eigenvalue weighted by atomic mass is 16.5. The summed E-state index contributed by atoms with van der Waals surface area (Å²) < 4.78 is 5.24. The van der Waals surface area contributed by atoms with Gasteiger partial charge in [-0.05, 0) is 54.1 Å². The summed E-state index contributed by atoms with van der Waals surface area (Å²) >= 11 is 0. The van der Waals surface area contributed by atoms with Crippen molar-refractivity contribution >= 4 is 39.9 Å². The molecule has 0 aliphatic carbocycles. The molecule has 3 aromatic carbocycles. The Morgan fingerprint density at radius 2 is 1.46 bits per heavy atom. The summed E-state index contributed by atoms with van der Waals surface area (Å²) in [6.45, 7) is 2.91. The van der Waals surface area contributed by atoms with Gasteiger partial charge < -0.3 is 15.4 Å². The molecule has 0 aliphatic heterocycles. The Bertz CT molecular complexity index is 1030. The number of fused-ring (bicyclic) bond motifs is 1. The minimum Gasteiger partial charge on any atom is -0.449 e. The van der Waals surface area contributed by atoms with Crippen LogP contribution < -0.4 is 10.6 Å². The van der Waals surface area contributed by atoms with Crippen molar-refractivity contribution in [2.45, 2.75) is 20.0 Å². The van der Waals surface area contributed by atoms with Crippen LogP contribution in [-0.4, -0.2) is 23.9 Å². The van der Waals surface area contributed by atoms with Gasteiger partial charge >= 0.3 is 5.97 Å². The van der Waals surface area contributed by atoms with Crippen LogP contribution in [0.1, 0.15) is 24.2 Å². The monoisotopic (exact) mass is 376 g/mol. The SMILES string of the molecule is CC(=O)Nc1ccc(C(=O)O[C@H](C)C(=O)Nc2ccc3ccccc3c2)cc1. The number of benzene rings is 3. The van der Waals surface area contributed by atoms with E-state index < -0.39 is 18.0 Å². The lowest BCUT2D eigenvalue weighted by Crippen LogP contribution is -2.30. The average molecular weight is 376 g/mol. The number of rotatable bonds is 5. The van der Waals surface area contributed by atoms with Crippen LogP contribution in [0.15, 0.2) is 66.7 Å². The van der Waals surface area contributed by atoms with Crippen LogP contribution in [0, 0.1) is 0 Å². The van der Waals surface area contributed by atoms with E-state index in [4.69, 9.17) is 4.74 Å². The van der Waals surface area contributed by atoms with E-state index in [1.54, 1.807) is 18.2 Å². The lowest BCUT2D eigenvalue weighted by Gasteiger charge is -2.14. The summed E-state index contributed by atoms with van der Waals surface area (Å²) in [6.07, 6.45) is -0.964. The summed E-state index contributed by atoms with van der Waals surface area (Å²) in [7, 11) is 0. The summed E-state index contributed by atoms with van der Waals surface area (Å²) in [5.41, 5.74) is 1.50. The summed E-state index contributed by atoms with van der Waals surface area (Å²) in [5, 5.41) is 7.45. The van der Waals surface area contributed by atoms with Gasteiger partial charge in [-0.1, -0.05) is 30.3 Å². The van der Waals surface area contributed by atoms with Crippen molar-refractivity contribution in [3.8, 4) is 0 Å². The maximum absolute atomic E-state index is 12.4. The zero-order chi connectivity index (χ0) is 20.1. The molecular weight excluding hydrogens is 356 g/mol. The Balaban J connectivity index is 1.61. The van der Waals surface area contributed by atoms with Crippen LogP contribution in [0.3, 0.4) is 0 Å². The molecule has 0 unspecified atom stereocenters. The van der Waals surface area contributed by atoms with Crippen molar-refractivity contribution in [1.82, 2.24) is 0 Å². The van der Waals surface area contributed by atoms with E-state index in [0.29, 0.717) is 16.9 Å². The average Bonchev–Trinajstić information content (AvgIpc) is 2.67. The van der Waals surface area contributed by atoms with E-state index >= 15 is 0 Å². The predicted octanol–water partition coefficient (Wildman–Crippen LogP) is 3.98. The molecule has 0 aromatic heterocycles. The van der Waals surface area contributed by atoms with Crippen molar-refractivity contribution in [1.29, 1.82) is 0 Å². The summed E-state index contributed by atoms with van der Waals surface area (Å²) in [6, 6.07) is 19.6. The van der Waals surface area contributed by atoms with E-state index in [2.05, 4.69) is 10.6 Å². The van der Waals surface area contributed by atoms with Crippen molar-refractivity contribution in [2.24, 2.45) is 0 Å². The Morgan fingerprint density at radius 3 is 2.14 bits per heavy atom. The van der Waals surface area contributed by atoms with Gasteiger partial charge in [0.1, 0.15) is 0 Å². The molecule has 6 nitrogen and oxygen atoms in total. The molecular formula is C22H20N2O4. The number of hydrogen-bond acceptors (Lipinski definition) is 4. The number of anilines is 2. The van der Waals surface area contributed by atoms with Gasteiger partial charge in [0, 0.05) is 18.3 Å². The zero-order valence-electron chi connectivity index (χ0n) is 15.6. The third-order valence-electron chi connectivity index (χ3n) is 4.11. The van der Waals surface area contributed by atoms with Gasteiger partial charge in [-0.25, -0.2) is 4.79 Å². The normalized spacial score (nSPS) is 11.5. The van der Waals surface area contributed by atoms with Crippen molar-refractivity contribution in [3.63, 3.8) is 0 Å². The molecule has 0 fully saturated rings. The highest BCUT2D eigenvalue weighted by Gasteiger charge is 2.19. The number of hydrogen-bond donors (Lipinski definition) is 2. The summed E-state index contributed by atoms with van der Waals surface area (Å²) in [5.74, 6) is -1.23. The number of amides is 2. The largest absolute Gasteiger partial charge is 0.449 e. The van der Waals surface area contributed by atoms with Crippen LogP contribution >= 0.6 is 0 Å². The second-order valence-electron chi connectivity index (χ2n) is 6.36. The Morgan fingerprint density at radius 1 is 0.821 bits per heavy atom. The predicted molar refractivity (Wildman–Crippen MR) is 108 cm³/mol. The van der Waals surface area contributed by atoms with Crippen molar-refractivity contribution in [2.75, 3.05) is 10.6 Å². The van der Waals surface area contributed by atoms with Crippen molar-refractivity contribution in [3.05, 3.63) is 72.3 Å². The lowest BCUT2D eigenvalue weighted by atomic mass is 10.1. The highest BCUT2D eigenvalue weighted by molar-refractivity contribution is 5.99. The zero-order valence-corrected chi connectivity index (χ0v) is 15.6.